The average Bonchev–Trinajstić information content (AvgIpc) is 2.30. The maximum absolute atomic E-state index is 10.4. The van der Waals surface area contributed by atoms with Crippen LogP contribution in [0, 0.1) is 0 Å². The molecule has 1 rings (SSSR count). The van der Waals surface area contributed by atoms with E-state index in [4.69, 9.17) is 16.2 Å². The Kier molecular flexibility index (Phi) is 13.0. The van der Waals surface area contributed by atoms with Gasteiger partial charge in [-0.2, -0.15) is 0 Å². The van der Waals surface area contributed by atoms with Gasteiger partial charge in [-0.05, 0) is 37.1 Å². The molecule has 0 heterocycles. The second-order valence-electron chi connectivity index (χ2n) is 3.45. The van der Waals surface area contributed by atoms with E-state index >= 15 is 0 Å². The summed E-state index contributed by atoms with van der Waals surface area (Å²) >= 11 is 4.17. The Morgan fingerprint density at radius 3 is 2.44 bits per heavy atom. The maximum atomic E-state index is 10.4. The maximum Gasteiger partial charge on any atom is 0.152 e. The summed E-state index contributed by atoms with van der Waals surface area (Å²) in [6.45, 7) is 0. The van der Waals surface area contributed by atoms with E-state index in [0.29, 0.717) is 5.75 Å². The number of halogens is 1. The summed E-state index contributed by atoms with van der Waals surface area (Å²) in [6.07, 6.45) is 2.93. The van der Waals surface area contributed by atoms with Crippen molar-refractivity contribution in [3.05, 3.63) is 29.3 Å². The summed E-state index contributed by atoms with van der Waals surface area (Å²) in [5.41, 5.74) is 0. The Morgan fingerprint density at radius 2 is 1.83 bits per heavy atom. The van der Waals surface area contributed by atoms with E-state index in [9.17, 15) is 4.21 Å². The van der Waals surface area contributed by atoms with Crippen LogP contribution in [0.25, 0.3) is 0 Å². The number of benzene rings is 1. The molecule has 1 unspecified atom stereocenters. The van der Waals surface area contributed by atoms with Gasteiger partial charge in [-0.15, -0.1) is 0 Å². The Bertz CT molecular complexity index is 349. The average molecular weight is 334 g/mol. The van der Waals surface area contributed by atoms with Crippen LogP contribution in [-0.2, 0) is 11.1 Å². The van der Waals surface area contributed by atoms with Crippen molar-refractivity contribution < 1.29 is 8.76 Å². The molecule has 97 valence electrons. The van der Waals surface area contributed by atoms with E-state index in [2.05, 4.69) is 0 Å². The zero-order valence-corrected chi connectivity index (χ0v) is 15.5. The number of hydrogen-bond acceptors (Lipinski definition) is 3. The molecule has 18 heavy (non-hydrogen) atoms. The van der Waals surface area contributed by atoms with E-state index in [1.807, 2.05) is 24.3 Å². The molecule has 2 nitrogen and oxygen atoms in total. The first-order valence-corrected chi connectivity index (χ1v) is 9.28. The number of hydrogen-bond donors (Lipinski definition) is 1. The molecular formula is C11H15ClNaO2S3. The Morgan fingerprint density at radius 1 is 1.17 bits per heavy atom. The summed E-state index contributed by atoms with van der Waals surface area (Å²) in [5, 5.41) is 0.761. The molecule has 1 N–H and O–H groups in total. The van der Waals surface area contributed by atoms with E-state index in [-0.39, 0.29) is 29.6 Å². The molecule has 0 bridgehead atoms. The van der Waals surface area contributed by atoms with Crippen molar-refractivity contribution in [3.63, 3.8) is 0 Å². The van der Waals surface area contributed by atoms with Crippen LogP contribution < -0.4 is 0 Å². The van der Waals surface area contributed by atoms with Crippen LogP contribution in [0.15, 0.2) is 29.2 Å². The van der Waals surface area contributed by atoms with Gasteiger partial charge in [0.15, 0.2) is 11.1 Å². The first kappa shape index (κ1) is 19.3. The zero-order valence-electron chi connectivity index (χ0n) is 10.3. The third-order valence-electron chi connectivity index (χ3n) is 2.02. The molecule has 0 spiro atoms. The smallest absolute Gasteiger partial charge is 0.152 e. The van der Waals surface area contributed by atoms with E-state index in [1.165, 1.54) is 4.90 Å². The first-order chi connectivity index (χ1) is 8.18. The molecule has 0 saturated heterocycles. The minimum atomic E-state index is -1.63. The van der Waals surface area contributed by atoms with Crippen LogP contribution in [0.2, 0.25) is 5.02 Å². The SMILES string of the molecule is O=S(O)CCCCCSSc1ccc(Cl)cc1.[Na]. The van der Waals surface area contributed by atoms with E-state index in [0.717, 1.165) is 30.0 Å². The Hall–Kier alpha value is 1.32. The standard InChI is InChI=1S/C11H15ClO2S3.Na/c12-10-4-6-11(7-5-10)16-15-8-2-1-3-9-17(13)14;/h4-7H,1-3,8-9H2,(H,13,14);. The molecule has 0 saturated carbocycles. The van der Waals surface area contributed by atoms with E-state index in [1.54, 1.807) is 21.6 Å². The fourth-order valence-electron chi connectivity index (χ4n) is 1.16. The van der Waals surface area contributed by atoms with Crippen LogP contribution in [0.4, 0.5) is 0 Å². The molecule has 0 aliphatic carbocycles. The molecule has 1 atom stereocenters. The van der Waals surface area contributed by atoms with Gasteiger partial charge in [0.25, 0.3) is 0 Å². The molecule has 0 amide bonds. The topological polar surface area (TPSA) is 37.3 Å². The van der Waals surface area contributed by atoms with Crippen molar-refractivity contribution in [1.82, 2.24) is 0 Å². The van der Waals surface area contributed by atoms with Gasteiger partial charge in [0.05, 0.1) is 0 Å². The van der Waals surface area contributed by atoms with Crippen molar-refractivity contribution in [2.45, 2.75) is 24.2 Å². The number of rotatable bonds is 8. The molecule has 1 radical (unpaired) electrons. The van der Waals surface area contributed by atoms with Crippen LogP contribution >= 0.6 is 33.2 Å². The van der Waals surface area contributed by atoms with Crippen molar-refractivity contribution in [1.29, 1.82) is 0 Å². The van der Waals surface area contributed by atoms with Gasteiger partial charge >= 0.3 is 0 Å². The van der Waals surface area contributed by atoms with Gasteiger partial charge in [0.1, 0.15) is 0 Å². The second kappa shape index (κ2) is 12.1. The van der Waals surface area contributed by atoms with Gasteiger partial charge in [-0.3, -0.25) is 0 Å². The normalized spacial score (nSPS) is 11.9. The zero-order chi connectivity index (χ0) is 12.5. The Labute approximate surface area is 146 Å². The van der Waals surface area contributed by atoms with E-state index < -0.39 is 11.1 Å². The second-order valence-corrected chi connectivity index (χ2v) is 7.42. The van der Waals surface area contributed by atoms with Crippen LogP contribution in [-0.4, -0.2) is 49.8 Å². The third-order valence-corrected chi connectivity index (χ3v) is 5.37. The fourth-order valence-corrected chi connectivity index (χ4v) is 3.87. The van der Waals surface area contributed by atoms with Crippen molar-refractivity contribution in [2.24, 2.45) is 0 Å². The summed E-state index contributed by atoms with van der Waals surface area (Å²) in [5.74, 6) is 1.46. The van der Waals surface area contributed by atoms with Crippen LogP contribution in [0.5, 0.6) is 0 Å². The molecule has 0 aromatic heterocycles. The summed E-state index contributed by atoms with van der Waals surface area (Å²) < 4.78 is 19.0. The molecular weight excluding hydrogens is 319 g/mol. The van der Waals surface area contributed by atoms with Gasteiger partial charge in [-0.25, -0.2) is 4.21 Å². The molecule has 0 aliphatic heterocycles. The first-order valence-electron chi connectivity index (χ1n) is 5.31. The predicted molar refractivity (Wildman–Crippen MR) is 85.0 cm³/mol. The quantitative estimate of drug-likeness (QED) is 0.336. The monoisotopic (exact) mass is 333 g/mol. The minimum Gasteiger partial charge on any atom is -0.306 e. The van der Waals surface area contributed by atoms with Crippen molar-refractivity contribution >= 4 is 73.8 Å². The minimum absolute atomic E-state index is 0. The molecule has 0 aliphatic rings. The number of unbranched alkanes of at least 4 members (excludes halogenated alkanes) is 2. The fraction of sp³-hybridized carbons (Fsp3) is 0.455. The Balaban J connectivity index is 0.00000289. The largest absolute Gasteiger partial charge is 0.306 e. The van der Waals surface area contributed by atoms with Crippen molar-refractivity contribution in [2.75, 3.05) is 11.5 Å². The molecule has 1 aromatic carbocycles. The van der Waals surface area contributed by atoms with Gasteiger partial charge in [0, 0.05) is 51.0 Å². The van der Waals surface area contributed by atoms with Gasteiger partial charge in [-0.1, -0.05) is 39.6 Å². The van der Waals surface area contributed by atoms with Gasteiger partial charge < -0.3 is 4.55 Å². The van der Waals surface area contributed by atoms with Crippen LogP contribution in [0.3, 0.4) is 0 Å². The third kappa shape index (κ3) is 10.1. The molecule has 0 fully saturated rings. The van der Waals surface area contributed by atoms with Crippen LogP contribution in [0.1, 0.15) is 19.3 Å². The van der Waals surface area contributed by atoms with Gasteiger partial charge in [0.2, 0.25) is 0 Å². The van der Waals surface area contributed by atoms with Crippen molar-refractivity contribution in [3.8, 4) is 0 Å². The molecule has 7 heteroatoms. The summed E-state index contributed by atoms with van der Waals surface area (Å²) in [6, 6.07) is 7.80. The molecule has 1 aromatic rings. The summed E-state index contributed by atoms with van der Waals surface area (Å²) in [7, 11) is 3.55. The summed E-state index contributed by atoms with van der Waals surface area (Å²) in [4.78, 5) is 1.20. The predicted octanol–water partition coefficient (Wildman–Crippen LogP) is 4.09.